The lowest BCUT2D eigenvalue weighted by Gasteiger charge is -2.38. The first kappa shape index (κ1) is 15.1. The number of rotatable bonds is 3. The van der Waals surface area contributed by atoms with Gasteiger partial charge in [0.2, 0.25) is 0 Å². The van der Waals surface area contributed by atoms with E-state index in [1.807, 2.05) is 18.2 Å². The number of methoxy groups -OCH3 is 2. The van der Waals surface area contributed by atoms with Crippen molar-refractivity contribution in [1.29, 1.82) is 0 Å². The summed E-state index contributed by atoms with van der Waals surface area (Å²) >= 11 is 0. The van der Waals surface area contributed by atoms with Crippen molar-refractivity contribution in [3.8, 4) is 11.5 Å². The number of fused-ring (bicyclic) bond motifs is 3. The van der Waals surface area contributed by atoms with Gasteiger partial charge in [0.15, 0.2) is 11.5 Å². The van der Waals surface area contributed by atoms with Crippen molar-refractivity contribution < 1.29 is 13.9 Å². The predicted molar refractivity (Wildman–Crippen MR) is 92.3 cm³/mol. The molecule has 4 heteroatoms. The minimum atomic E-state index is -0.188. The van der Waals surface area contributed by atoms with Crippen LogP contribution in [-0.4, -0.2) is 14.2 Å². The molecule has 2 aromatic carbocycles. The molecule has 0 spiro atoms. The van der Waals surface area contributed by atoms with Gasteiger partial charge in [-0.15, -0.1) is 0 Å². The van der Waals surface area contributed by atoms with Gasteiger partial charge < -0.3 is 14.8 Å². The van der Waals surface area contributed by atoms with E-state index < -0.39 is 0 Å². The zero-order valence-electron chi connectivity index (χ0n) is 13.8. The molecule has 0 radical (unpaired) electrons. The van der Waals surface area contributed by atoms with Crippen molar-refractivity contribution in [3.63, 3.8) is 0 Å². The zero-order valence-corrected chi connectivity index (χ0v) is 13.8. The molecule has 0 bridgehead atoms. The van der Waals surface area contributed by atoms with Crippen molar-refractivity contribution in [1.82, 2.24) is 0 Å². The van der Waals surface area contributed by atoms with Crippen LogP contribution in [0.2, 0.25) is 0 Å². The van der Waals surface area contributed by atoms with Gasteiger partial charge in [-0.25, -0.2) is 4.39 Å². The fourth-order valence-electron chi connectivity index (χ4n) is 4.03. The van der Waals surface area contributed by atoms with Crippen LogP contribution in [0.5, 0.6) is 11.5 Å². The number of anilines is 1. The van der Waals surface area contributed by atoms with Gasteiger partial charge in [0.1, 0.15) is 5.82 Å². The maximum atomic E-state index is 13.7. The van der Waals surface area contributed by atoms with E-state index in [1.54, 1.807) is 20.3 Å². The van der Waals surface area contributed by atoms with Crippen molar-refractivity contribution in [2.45, 2.75) is 18.4 Å². The standard InChI is InChI=1S/C20H20FNO2/c1-23-18-8-4-7-15(20(18)24-2)19-14-6-3-5-13(14)16-11-12(21)9-10-17(16)22-19/h3-5,7-11,13-14,19,22H,6H2,1-2H3/t13-,14-,19+/m0/s1. The van der Waals surface area contributed by atoms with E-state index in [1.165, 1.54) is 6.07 Å². The average molecular weight is 325 g/mol. The highest BCUT2D eigenvalue weighted by atomic mass is 19.1. The van der Waals surface area contributed by atoms with E-state index >= 15 is 0 Å². The Kier molecular flexibility index (Phi) is 3.68. The number of nitrogens with one attached hydrogen (secondary N) is 1. The van der Waals surface area contributed by atoms with Crippen LogP contribution in [0.1, 0.15) is 29.5 Å². The minimum absolute atomic E-state index is 0.0908. The molecule has 0 amide bonds. The van der Waals surface area contributed by atoms with Gasteiger partial charge in [-0.1, -0.05) is 24.3 Å². The topological polar surface area (TPSA) is 30.5 Å². The number of ether oxygens (including phenoxy) is 2. The number of benzene rings is 2. The summed E-state index contributed by atoms with van der Waals surface area (Å²) in [6, 6.07) is 11.0. The second-order valence-corrected chi connectivity index (χ2v) is 6.29. The van der Waals surface area contributed by atoms with Gasteiger partial charge in [0, 0.05) is 17.2 Å². The predicted octanol–water partition coefficient (Wildman–Crippen LogP) is 4.67. The van der Waals surface area contributed by atoms with E-state index in [4.69, 9.17) is 9.47 Å². The molecule has 3 atom stereocenters. The molecule has 2 aliphatic rings. The van der Waals surface area contributed by atoms with Crippen LogP contribution >= 0.6 is 0 Å². The summed E-state index contributed by atoms with van der Waals surface area (Å²) in [5, 5.41) is 3.60. The van der Waals surface area contributed by atoms with Crippen LogP contribution < -0.4 is 14.8 Å². The maximum absolute atomic E-state index is 13.7. The Hall–Kier alpha value is -2.49. The Morgan fingerprint density at radius 2 is 1.96 bits per heavy atom. The van der Waals surface area contributed by atoms with Crippen LogP contribution in [0.25, 0.3) is 0 Å². The maximum Gasteiger partial charge on any atom is 0.165 e. The van der Waals surface area contributed by atoms with Gasteiger partial charge >= 0.3 is 0 Å². The Balaban J connectivity index is 1.82. The first-order chi connectivity index (χ1) is 11.7. The smallest absolute Gasteiger partial charge is 0.165 e. The number of allylic oxidation sites excluding steroid dienone is 2. The fraction of sp³-hybridized carbons (Fsp3) is 0.300. The largest absolute Gasteiger partial charge is 0.493 e. The number of para-hydroxylation sites is 1. The second-order valence-electron chi connectivity index (χ2n) is 6.29. The van der Waals surface area contributed by atoms with Gasteiger partial charge in [0.25, 0.3) is 0 Å². The van der Waals surface area contributed by atoms with Crippen LogP contribution in [-0.2, 0) is 0 Å². The molecule has 0 fully saturated rings. The molecule has 0 saturated heterocycles. The summed E-state index contributed by atoms with van der Waals surface area (Å²) in [5.41, 5.74) is 3.09. The van der Waals surface area contributed by atoms with Crippen molar-refractivity contribution in [2.75, 3.05) is 19.5 Å². The molecule has 1 N–H and O–H groups in total. The monoisotopic (exact) mass is 325 g/mol. The first-order valence-corrected chi connectivity index (χ1v) is 8.16. The molecule has 1 heterocycles. The van der Waals surface area contributed by atoms with Crippen molar-refractivity contribution in [3.05, 3.63) is 65.5 Å². The molecule has 0 unspecified atom stereocenters. The summed E-state index contributed by atoms with van der Waals surface area (Å²) < 4.78 is 24.8. The lowest BCUT2D eigenvalue weighted by atomic mass is 9.77. The summed E-state index contributed by atoms with van der Waals surface area (Å²) in [6.07, 6.45) is 5.35. The van der Waals surface area contributed by atoms with E-state index in [2.05, 4.69) is 23.5 Å². The number of halogens is 1. The molecular formula is C20H20FNO2. The first-order valence-electron chi connectivity index (χ1n) is 8.16. The highest BCUT2D eigenvalue weighted by Gasteiger charge is 2.39. The summed E-state index contributed by atoms with van der Waals surface area (Å²) in [7, 11) is 3.31. The molecule has 0 aromatic heterocycles. The third kappa shape index (κ3) is 2.25. The Bertz CT molecular complexity index is 802. The Morgan fingerprint density at radius 1 is 1.08 bits per heavy atom. The van der Waals surface area contributed by atoms with Crippen molar-refractivity contribution in [2.24, 2.45) is 5.92 Å². The van der Waals surface area contributed by atoms with Crippen LogP contribution in [0, 0.1) is 11.7 Å². The Labute approximate surface area is 141 Å². The number of hydrogen-bond donors (Lipinski definition) is 1. The van der Waals surface area contributed by atoms with E-state index in [0.717, 1.165) is 34.7 Å². The zero-order chi connectivity index (χ0) is 16.7. The van der Waals surface area contributed by atoms with E-state index in [9.17, 15) is 4.39 Å². The molecule has 24 heavy (non-hydrogen) atoms. The lowest BCUT2D eigenvalue weighted by molar-refractivity contribution is 0.341. The SMILES string of the molecule is COc1cccc([C@@H]2Nc3ccc(F)cc3[C@H]3C=CC[C@@H]32)c1OC. The van der Waals surface area contributed by atoms with E-state index in [0.29, 0.717) is 5.92 Å². The van der Waals surface area contributed by atoms with Crippen molar-refractivity contribution >= 4 is 5.69 Å². The summed E-state index contributed by atoms with van der Waals surface area (Å²) in [6.45, 7) is 0. The van der Waals surface area contributed by atoms with Crippen LogP contribution in [0.15, 0.2) is 48.6 Å². The summed E-state index contributed by atoms with van der Waals surface area (Å²) in [5.74, 6) is 1.85. The normalized spacial score (nSPS) is 24.0. The lowest BCUT2D eigenvalue weighted by Crippen LogP contribution is -2.29. The minimum Gasteiger partial charge on any atom is -0.493 e. The van der Waals surface area contributed by atoms with Gasteiger partial charge in [0.05, 0.1) is 20.3 Å². The average Bonchev–Trinajstić information content (AvgIpc) is 3.10. The third-order valence-electron chi connectivity index (χ3n) is 5.09. The van der Waals surface area contributed by atoms with Crippen LogP contribution in [0.4, 0.5) is 10.1 Å². The highest BCUT2D eigenvalue weighted by Crippen LogP contribution is 2.52. The molecular weight excluding hydrogens is 305 g/mol. The molecule has 1 aliphatic carbocycles. The number of hydrogen-bond acceptors (Lipinski definition) is 3. The third-order valence-corrected chi connectivity index (χ3v) is 5.09. The van der Waals surface area contributed by atoms with E-state index in [-0.39, 0.29) is 17.8 Å². The highest BCUT2D eigenvalue weighted by molar-refractivity contribution is 5.61. The van der Waals surface area contributed by atoms with Gasteiger partial charge in [-0.05, 0) is 42.2 Å². The quantitative estimate of drug-likeness (QED) is 0.832. The Morgan fingerprint density at radius 3 is 2.75 bits per heavy atom. The van der Waals surface area contributed by atoms with Gasteiger partial charge in [-0.2, -0.15) is 0 Å². The molecule has 124 valence electrons. The van der Waals surface area contributed by atoms with Gasteiger partial charge in [-0.3, -0.25) is 0 Å². The molecule has 4 rings (SSSR count). The molecule has 3 nitrogen and oxygen atoms in total. The molecule has 0 saturated carbocycles. The summed E-state index contributed by atoms with van der Waals surface area (Å²) in [4.78, 5) is 0. The van der Waals surface area contributed by atoms with Crippen LogP contribution in [0.3, 0.4) is 0 Å². The molecule has 2 aromatic rings. The fourth-order valence-corrected chi connectivity index (χ4v) is 4.03. The molecule has 1 aliphatic heterocycles. The second kappa shape index (κ2) is 5.86.